The van der Waals surface area contributed by atoms with E-state index in [4.69, 9.17) is 9.47 Å². The van der Waals surface area contributed by atoms with Gasteiger partial charge in [0.25, 0.3) is 0 Å². The number of amides is 3. The summed E-state index contributed by atoms with van der Waals surface area (Å²) in [5.41, 5.74) is 2.73. The molecular formula is C28H35N7O5. The highest BCUT2D eigenvalue weighted by Crippen LogP contribution is 2.30. The van der Waals surface area contributed by atoms with Crippen LogP contribution in [0.25, 0.3) is 0 Å². The number of nitrogens with zero attached hydrogens (tertiary/aromatic N) is 6. The smallest absolute Gasteiger partial charge is 0.410 e. The minimum atomic E-state index is -0.431. The van der Waals surface area contributed by atoms with E-state index >= 15 is 0 Å². The Labute approximate surface area is 233 Å². The molecule has 0 radical (unpaired) electrons. The number of fused-ring (bicyclic) bond motifs is 1. The standard InChI is InChI=1S/C26H29N7O5.C2H6/c1-16-15-38-26(36)33(16)12-18-8-17-4-3-6-32(24(17)29-21(18)14-34)25(35)30-23-9-22(19(10-27)11-28-23)31-7-5-20(13-31)37-2;1-2/h8-9,11,14,16,20H,3-7,12-13,15H2,1-2H3,(H,28,30,35);1-2H3. The van der Waals surface area contributed by atoms with Crippen LogP contribution in [-0.2, 0) is 22.4 Å². The lowest BCUT2D eigenvalue weighted by molar-refractivity contribution is 0.111. The third-order valence-corrected chi connectivity index (χ3v) is 7.24. The summed E-state index contributed by atoms with van der Waals surface area (Å²) in [5, 5.41) is 12.4. The summed E-state index contributed by atoms with van der Waals surface area (Å²) < 4.78 is 10.5. The summed E-state index contributed by atoms with van der Waals surface area (Å²) in [4.78, 5) is 51.2. The lowest BCUT2D eigenvalue weighted by atomic mass is 10.0. The molecule has 2 fully saturated rings. The molecule has 0 bridgehead atoms. The quantitative estimate of drug-likeness (QED) is 0.533. The Kier molecular flexibility index (Phi) is 9.16. The van der Waals surface area contributed by atoms with Crippen molar-refractivity contribution in [3.8, 4) is 6.07 Å². The van der Waals surface area contributed by atoms with E-state index in [2.05, 4.69) is 26.3 Å². The summed E-state index contributed by atoms with van der Waals surface area (Å²) in [7, 11) is 1.67. The molecule has 5 heterocycles. The SMILES string of the molecule is CC.COC1CCN(c2cc(NC(=O)N3CCCc4cc(CN5C(=O)OCC5C)c(C=O)nc43)ncc2C#N)C1. The fraction of sp³-hybridized carbons (Fsp3) is 0.500. The third kappa shape index (κ3) is 5.84. The van der Waals surface area contributed by atoms with Crippen LogP contribution < -0.4 is 15.1 Å². The summed E-state index contributed by atoms with van der Waals surface area (Å²) in [6.45, 7) is 8.20. The number of cyclic esters (lactones) is 1. The molecule has 3 aliphatic rings. The highest BCUT2D eigenvalue weighted by Gasteiger charge is 2.32. The highest BCUT2D eigenvalue weighted by atomic mass is 16.6. The number of nitrogens with one attached hydrogen (secondary N) is 1. The molecule has 2 atom stereocenters. The molecule has 2 saturated heterocycles. The molecule has 12 nitrogen and oxygen atoms in total. The fourth-order valence-electron chi connectivity index (χ4n) is 5.11. The van der Waals surface area contributed by atoms with E-state index in [1.54, 1.807) is 18.1 Å². The van der Waals surface area contributed by atoms with Crippen molar-refractivity contribution in [1.82, 2.24) is 14.9 Å². The van der Waals surface area contributed by atoms with Gasteiger partial charge in [0.05, 0.1) is 29.9 Å². The second-order valence-electron chi connectivity index (χ2n) is 9.66. The van der Waals surface area contributed by atoms with Crippen LogP contribution >= 0.6 is 0 Å². The lowest BCUT2D eigenvalue weighted by Crippen LogP contribution is -2.40. The zero-order valence-corrected chi connectivity index (χ0v) is 23.3. The number of carbonyl (C=O) groups is 3. The van der Waals surface area contributed by atoms with Crippen LogP contribution in [0, 0.1) is 11.3 Å². The number of ether oxygens (including phenoxy) is 2. The van der Waals surface area contributed by atoms with Gasteiger partial charge < -0.3 is 14.4 Å². The van der Waals surface area contributed by atoms with Crippen LogP contribution in [0.3, 0.4) is 0 Å². The van der Waals surface area contributed by atoms with Gasteiger partial charge in [0.15, 0.2) is 6.29 Å². The number of aryl methyl sites for hydroxylation is 1. The van der Waals surface area contributed by atoms with Gasteiger partial charge in [0, 0.05) is 44.6 Å². The first-order valence-electron chi connectivity index (χ1n) is 13.6. The largest absolute Gasteiger partial charge is 0.447 e. The molecule has 0 aromatic carbocycles. The van der Waals surface area contributed by atoms with E-state index in [9.17, 15) is 19.6 Å². The molecule has 2 aromatic heterocycles. The molecular weight excluding hydrogens is 514 g/mol. The Morgan fingerprint density at radius 3 is 2.77 bits per heavy atom. The predicted molar refractivity (Wildman–Crippen MR) is 149 cm³/mol. The number of carbonyl (C=O) groups excluding carboxylic acids is 3. The maximum Gasteiger partial charge on any atom is 0.410 e. The van der Waals surface area contributed by atoms with E-state index in [1.165, 1.54) is 11.1 Å². The van der Waals surface area contributed by atoms with Crippen molar-refractivity contribution < 1.29 is 23.9 Å². The number of hydrogen-bond acceptors (Lipinski definition) is 9. The first kappa shape index (κ1) is 28.8. The number of pyridine rings is 2. The first-order chi connectivity index (χ1) is 19.4. The van der Waals surface area contributed by atoms with Crippen molar-refractivity contribution in [1.29, 1.82) is 5.26 Å². The van der Waals surface area contributed by atoms with E-state index in [0.717, 1.165) is 18.5 Å². The monoisotopic (exact) mass is 549 g/mol. The molecule has 3 amide bonds. The molecule has 2 aromatic rings. The van der Waals surface area contributed by atoms with Gasteiger partial charge in [-0.2, -0.15) is 5.26 Å². The predicted octanol–water partition coefficient (Wildman–Crippen LogP) is 3.74. The van der Waals surface area contributed by atoms with Gasteiger partial charge in [-0.15, -0.1) is 0 Å². The van der Waals surface area contributed by atoms with Gasteiger partial charge in [0.2, 0.25) is 0 Å². The molecule has 212 valence electrons. The summed E-state index contributed by atoms with van der Waals surface area (Å²) in [5.74, 6) is 0.721. The Morgan fingerprint density at radius 1 is 1.32 bits per heavy atom. The number of anilines is 3. The van der Waals surface area contributed by atoms with Gasteiger partial charge in [-0.05, 0) is 37.8 Å². The Morgan fingerprint density at radius 2 is 2.12 bits per heavy atom. The molecule has 12 heteroatoms. The van der Waals surface area contributed by atoms with Crippen LogP contribution in [0.1, 0.15) is 60.8 Å². The van der Waals surface area contributed by atoms with Crippen molar-refractivity contribution in [3.63, 3.8) is 0 Å². The number of urea groups is 1. The average Bonchev–Trinajstić information content (AvgIpc) is 3.59. The first-order valence-corrected chi connectivity index (χ1v) is 13.6. The van der Waals surface area contributed by atoms with Crippen LogP contribution in [0.5, 0.6) is 0 Å². The van der Waals surface area contributed by atoms with Gasteiger partial charge in [-0.3, -0.25) is 19.9 Å². The highest BCUT2D eigenvalue weighted by molar-refractivity contribution is 6.02. The van der Waals surface area contributed by atoms with Crippen LogP contribution in [0.15, 0.2) is 18.3 Å². The summed E-state index contributed by atoms with van der Waals surface area (Å²) >= 11 is 0. The second-order valence-corrected chi connectivity index (χ2v) is 9.66. The molecule has 1 N–H and O–H groups in total. The van der Waals surface area contributed by atoms with Gasteiger partial charge in [-0.1, -0.05) is 13.8 Å². The van der Waals surface area contributed by atoms with Gasteiger partial charge >= 0.3 is 12.1 Å². The lowest BCUT2D eigenvalue weighted by Gasteiger charge is -2.29. The van der Waals surface area contributed by atoms with Crippen molar-refractivity contribution in [2.75, 3.05) is 48.5 Å². The van der Waals surface area contributed by atoms with E-state index in [-0.39, 0.29) is 24.4 Å². The molecule has 2 unspecified atom stereocenters. The number of aromatic nitrogens is 2. The molecule has 40 heavy (non-hydrogen) atoms. The maximum atomic E-state index is 13.3. The van der Waals surface area contributed by atoms with E-state index < -0.39 is 12.1 Å². The minimum Gasteiger partial charge on any atom is -0.447 e. The molecule has 3 aliphatic heterocycles. The fourth-order valence-corrected chi connectivity index (χ4v) is 5.11. The van der Waals surface area contributed by atoms with Crippen molar-refractivity contribution in [3.05, 3.63) is 40.7 Å². The van der Waals surface area contributed by atoms with Gasteiger partial charge in [0.1, 0.15) is 30.0 Å². The number of nitriles is 1. The molecule has 5 rings (SSSR count). The Hall–Kier alpha value is -4.24. The molecule has 0 saturated carbocycles. The second kappa shape index (κ2) is 12.7. The zero-order chi connectivity index (χ0) is 28.8. The van der Waals surface area contributed by atoms with Gasteiger partial charge in [-0.25, -0.2) is 19.6 Å². The number of methoxy groups -OCH3 is 1. The zero-order valence-electron chi connectivity index (χ0n) is 23.3. The number of aldehydes is 1. The van der Waals surface area contributed by atoms with Crippen molar-refractivity contribution in [2.24, 2.45) is 0 Å². The average molecular weight is 550 g/mol. The van der Waals surface area contributed by atoms with Crippen LogP contribution in [-0.4, -0.2) is 78.8 Å². The Balaban J connectivity index is 0.00000181. The third-order valence-electron chi connectivity index (χ3n) is 7.24. The van der Waals surface area contributed by atoms with Crippen molar-refractivity contribution >= 4 is 35.7 Å². The molecule has 0 spiro atoms. The summed E-state index contributed by atoms with van der Waals surface area (Å²) in [6, 6.07) is 5.18. The summed E-state index contributed by atoms with van der Waals surface area (Å²) in [6.07, 6.45) is 4.00. The minimum absolute atomic E-state index is 0.0832. The topological polar surface area (TPSA) is 141 Å². The van der Waals surface area contributed by atoms with Crippen molar-refractivity contribution in [2.45, 2.75) is 58.7 Å². The van der Waals surface area contributed by atoms with E-state index in [1.807, 2.05) is 26.8 Å². The molecule has 0 aliphatic carbocycles. The normalized spacial score (nSPS) is 19.8. The number of hydrogen-bond donors (Lipinski definition) is 1. The van der Waals surface area contributed by atoms with E-state index in [0.29, 0.717) is 67.3 Å². The van der Waals surface area contributed by atoms with Crippen LogP contribution in [0.2, 0.25) is 0 Å². The maximum absolute atomic E-state index is 13.3. The number of rotatable bonds is 6. The van der Waals surface area contributed by atoms with Crippen LogP contribution in [0.4, 0.5) is 26.9 Å². The Bertz CT molecular complexity index is 1310.